The molecule has 3 nitrogen and oxygen atoms in total. The van der Waals surface area contributed by atoms with Gasteiger partial charge in [-0.05, 0) is 53.7 Å². The van der Waals surface area contributed by atoms with Gasteiger partial charge in [-0.2, -0.15) is 0 Å². The summed E-state index contributed by atoms with van der Waals surface area (Å²) in [6.45, 7) is 5.66. The van der Waals surface area contributed by atoms with Gasteiger partial charge in [0.1, 0.15) is 0 Å². The molecule has 0 aliphatic carbocycles. The van der Waals surface area contributed by atoms with Crippen molar-refractivity contribution in [3.63, 3.8) is 0 Å². The minimum Gasteiger partial charge on any atom is -0.366 e. The highest BCUT2D eigenvalue weighted by atomic mass is 79.9. The Morgan fingerprint density at radius 2 is 1.95 bits per heavy atom. The highest BCUT2D eigenvalue weighted by molar-refractivity contribution is 9.10. The van der Waals surface area contributed by atoms with Gasteiger partial charge in [0.2, 0.25) is 0 Å². The Morgan fingerprint density at radius 1 is 1.20 bits per heavy atom. The molecule has 0 radical (unpaired) electrons. The van der Waals surface area contributed by atoms with E-state index in [4.69, 9.17) is 0 Å². The summed E-state index contributed by atoms with van der Waals surface area (Å²) in [5.74, 6) is 0. The fourth-order valence-corrected chi connectivity index (χ4v) is 3.23. The van der Waals surface area contributed by atoms with Gasteiger partial charge in [-0.15, -0.1) is 0 Å². The molecule has 0 bridgehead atoms. The summed E-state index contributed by atoms with van der Waals surface area (Å²) in [5, 5.41) is 0. The molecule has 2 heterocycles. The van der Waals surface area contributed by atoms with Crippen LogP contribution in [0, 0.1) is 0 Å². The summed E-state index contributed by atoms with van der Waals surface area (Å²) in [7, 11) is 2.19. The van der Waals surface area contributed by atoms with Gasteiger partial charge in [-0.25, -0.2) is 0 Å². The predicted octanol–water partition coefficient (Wildman–Crippen LogP) is 3.58. The average molecular weight is 334 g/mol. The van der Waals surface area contributed by atoms with Gasteiger partial charge < -0.3 is 14.8 Å². The quantitative estimate of drug-likeness (QED) is 0.907. The van der Waals surface area contributed by atoms with E-state index >= 15 is 0 Å². The van der Waals surface area contributed by atoms with Crippen LogP contribution in [0.1, 0.15) is 6.92 Å². The van der Waals surface area contributed by atoms with Crippen LogP contribution in [0.4, 0.5) is 5.69 Å². The first-order valence-electron chi connectivity index (χ1n) is 7.03. The minimum absolute atomic E-state index is 0.569. The first-order valence-corrected chi connectivity index (χ1v) is 7.82. The van der Waals surface area contributed by atoms with Crippen molar-refractivity contribution in [2.24, 2.45) is 0 Å². The second-order valence-corrected chi connectivity index (χ2v) is 6.50. The number of anilines is 1. The zero-order valence-corrected chi connectivity index (χ0v) is 13.5. The molecular weight excluding hydrogens is 314 g/mol. The number of rotatable bonds is 2. The molecule has 1 aliphatic heterocycles. The number of H-pyrrole nitrogens is 1. The van der Waals surface area contributed by atoms with E-state index in [2.05, 4.69) is 75.0 Å². The Kier molecular flexibility index (Phi) is 3.85. The number of nitrogens with one attached hydrogen (secondary N) is 1. The van der Waals surface area contributed by atoms with Crippen molar-refractivity contribution in [3.05, 3.63) is 41.0 Å². The van der Waals surface area contributed by atoms with Gasteiger partial charge in [0, 0.05) is 47.7 Å². The van der Waals surface area contributed by atoms with Crippen molar-refractivity contribution in [3.8, 4) is 11.3 Å². The lowest BCUT2D eigenvalue weighted by atomic mass is 10.1. The molecule has 1 unspecified atom stereocenters. The van der Waals surface area contributed by atoms with Gasteiger partial charge in [0.25, 0.3) is 0 Å². The van der Waals surface area contributed by atoms with Crippen molar-refractivity contribution in [1.82, 2.24) is 9.88 Å². The SMILES string of the molecule is CC1CN(C)CCN1c1ccc(-c2cc(Br)c[nH]2)cc1. The number of halogens is 1. The number of hydrogen-bond acceptors (Lipinski definition) is 2. The fourth-order valence-electron chi connectivity index (χ4n) is 2.89. The number of benzene rings is 1. The van der Waals surface area contributed by atoms with E-state index in [9.17, 15) is 0 Å². The number of hydrogen-bond donors (Lipinski definition) is 1. The van der Waals surface area contributed by atoms with E-state index in [-0.39, 0.29) is 0 Å². The number of aromatic amines is 1. The lowest BCUT2D eigenvalue weighted by Crippen LogP contribution is -2.50. The maximum absolute atomic E-state index is 3.48. The molecule has 0 saturated carbocycles. The van der Waals surface area contributed by atoms with Gasteiger partial charge in [0.05, 0.1) is 0 Å². The molecule has 1 aromatic heterocycles. The van der Waals surface area contributed by atoms with Crippen molar-refractivity contribution >= 4 is 21.6 Å². The Bertz CT molecular complexity index is 576. The maximum Gasteiger partial charge on any atom is 0.0465 e. The van der Waals surface area contributed by atoms with Gasteiger partial charge in [-0.3, -0.25) is 0 Å². The van der Waals surface area contributed by atoms with Crippen LogP contribution in [0.3, 0.4) is 0 Å². The van der Waals surface area contributed by atoms with Crippen molar-refractivity contribution in [2.75, 3.05) is 31.6 Å². The third kappa shape index (κ3) is 2.76. The Hall–Kier alpha value is -1.26. The zero-order valence-electron chi connectivity index (χ0n) is 11.9. The normalized spacial score (nSPS) is 20.4. The topological polar surface area (TPSA) is 22.3 Å². The van der Waals surface area contributed by atoms with Crippen LogP contribution < -0.4 is 4.90 Å². The van der Waals surface area contributed by atoms with E-state index in [1.807, 2.05) is 6.20 Å². The minimum atomic E-state index is 0.569. The molecule has 0 amide bonds. The summed E-state index contributed by atoms with van der Waals surface area (Å²) >= 11 is 3.48. The first kappa shape index (κ1) is 13.7. The monoisotopic (exact) mass is 333 g/mol. The predicted molar refractivity (Wildman–Crippen MR) is 88.2 cm³/mol. The van der Waals surface area contributed by atoms with Gasteiger partial charge in [-0.1, -0.05) is 12.1 Å². The maximum atomic E-state index is 3.48. The molecule has 4 heteroatoms. The van der Waals surface area contributed by atoms with E-state index in [1.165, 1.54) is 11.3 Å². The Morgan fingerprint density at radius 3 is 2.55 bits per heavy atom. The Balaban J connectivity index is 1.79. The molecule has 1 N–H and O–H groups in total. The van der Waals surface area contributed by atoms with E-state index in [1.54, 1.807) is 0 Å². The summed E-state index contributed by atoms with van der Waals surface area (Å²) in [6, 6.07) is 11.5. The van der Waals surface area contributed by atoms with Crippen LogP contribution in [0.5, 0.6) is 0 Å². The lowest BCUT2D eigenvalue weighted by Gasteiger charge is -2.39. The van der Waals surface area contributed by atoms with E-state index in [0.717, 1.165) is 29.8 Å². The molecular formula is C16H20BrN3. The third-order valence-corrected chi connectivity index (χ3v) is 4.45. The number of aromatic nitrogens is 1. The molecule has 1 saturated heterocycles. The summed E-state index contributed by atoms with van der Waals surface area (Å²) < 4.78 is 1.09. The standard InChI is InChI=1S/C16H20BrN3/c1-12-11-19(2)7-8-20(12)15-5-3-13(4-6-15)16-9-14(17)10-18-16/h3-6,9-10,12,18H,7-8,11H2,1-2H3. The average Bonchev–Trinajstić information content (AvgIpc) is 2.86. The molecule has 1 aliphatic rings. The molecule has 2 aromatic rings. The van der Waals surface area contributed by atoms with Crippen LogP contribution in [0.2, 0.25) is 0 Å². The second kappa shape index (κ2) is 5.62. The highest BCUT2D eigenvalue weighted by Crippen LogP contribution is 2.26. The second-order valence-electron chi connectivity index (χ2n) is 5.58. The molecule has 3 rings (SSSR count). The first-order chi connectivity index (χ1) is 9.63. The van der Waals surface area contributed by atoms with Crippen molar-refractivity contribution in [1.29, 1.82) is 0 Å². The largest absolute Gasteiger partial charge is 0.366 e. The fraction of sp³-hybridized carbons (Fsp3) is 0.375. The van der Waals surface area contributed by atoms with Crippen molar-refractivity contribution < 1.29 is 0 Å². The lowest BCUT2D eigenvalue weighted by molar-refractivity contribution is 0.275. The zero-order chi connectivity index (χ0) is 14.1. The van der Waals surface area contributed by atoms with Crippen LogP contribution in [0.25, 0.3) is 11.3 Å². The summed E-state index contributed by atoms with van der Waals surface area (Å²) in [6.07, 6.45) is 1.96. The summed E-state index contributed by atoms with van der Waals surface area (Å²) in [4.78, 5) is 8.16. The van der Waals surface area contributed by atoms with Crippen LogP contribution in [-0.4, -0.2) is 42.6 Å². The molecule has 1 fully saturated rings. The smallest absolute Gasteiger partial charge is 0.0465 e. The molecule has 1 atom stereocenters. The highest BCUT2D eigenvalue weighted by Gasteiger charge is 2.21. The van der Waals surface area contributed by atoms with Crippen LogP contribution in [-0.2, 0) is 0 Å². The van der Waals surface area contributed by atoms with Gasteiger partial charge in [0.15, 0.2) is 0 Å². The molecule has 20 heavy (non-hydrogen) atoms. The van der Waals surface area contributed by atoms with Gasteiger partial charge >= 0.3 is 0 Å². The molecule has 106 valence electrons. The Labute approximate surface area is 128 Å². The number of nitrogens with zero attached hydrogens (tertiary/aromatic N) is 2. The van der Waals surface area contributed by atoms with E-state index < -0.39 is 0 Å². The summed E-state index contributed by atoms with van der Waals surface area (Å²) in [5.41, 5.74) is 3.69. The number of likely N-dealkylation sites (N-methyl/N-ethyl adjacent to an activating group) is 1. The van der Waals surface area contributed by atoms with Crippen LogP contribution in [0.15, 0.2) is 41.0 Å². The van der Waals surface area contributed by atoms with Crippen molar-refractivity contribution in [2.45, 2.75) is 13.0 Å². The third-order valence-electron chi connectivity index (χ3n) is 3.99. The van der Waals surface area contributed by atoms with E-state index in [0.29, 0.717) is 6.04 Å². The molecule has 0 spiro atoms. The van der Waals surface area contributed by atoms with Crippen LogP contribution >= 0.6 is 15.9 Å². The number of piperazine rings is 1. The molecule has 1 aromatic carbocycles.